The summed E-state index contributed by atoms with van der Waals surface area (Å²) < 4.78 is 16.1. The van der Waals surface area contributed by atoms with Gasteiger partial charge < -0.3 is 19.3 Å². The Hall–Kier alpha value is -3.28. The highest BCUT2D eigenvalue weighted by Gasteiger charge is 2.38. The van der Waals surface area contributed by atoms with Crippen molar-refractivity contribution in [2.45, 2.75) is 19.4 Å². The van der Waals surface area contributed by atoms with Gasteiger partial charge in [0, 0.05) is 6.54 Å². The van der Waals surface area contributed by atoms with Crippen LogP contribution in [0.2, 0.25) is 0 Å². The minimum atomic E-state index is -0.615. The molecule has 1 fully saturated rings. The summed E-state index contributed by atoms with van der Waals surface area (Å²) in [6.45, 7) is 1.90. The maximum Gasteiger partial charge on any atom is 0.344 e. The molecular formula is C22H23NO5. The monoisotopic (exact) mass is 381 g/mol. The Morgan fingerprint density at radius 1 is 1.11 bits per heavy atom. The molecule has 0 saturated carbocycles. The van der Waals surface area contributed by atoms with Gasteiger partial charge in [0.1, 0.15) is 11.3 Å². The number of carbonyl (C=O) groups is 1. The third-order valence-electron chi connectivity index (χ3n) is 4.53. The van der Waals surface area contributed by atoms with Crippen molar-refractivity contribution >= 4 is 11.7 Å². The van der Waals surface area contributed by atoms with E-state index in [4.69, 9.17) is 14.2 Å². The van der Waals surface area contributed by atoms with Crippen LogP contribution in [-0.4, -0.2) is 37.6 Å². The standard InChI is InChI=1S/C22H23NO5/c1-14(24)19-20(21(28-22(19)25)16-7-5-4-6-8-16)23-12-11-15-9-10-17(26-2)18(13-15)27-3/h4-10,13,21,24H,11-12H2,1-3H3/b19-14+,23-20?. The Kier molecular flexibility index (Phi) is 5.99. The van der Waals surface area contributed by atoms with Gasteiger partial charge in [0.25, 0.3) is 0 Å². The van der Waals surface area contributed by atoms with Crippen molar-refractivity contribution in [1.29, 1.82) is 0 Å². The molecule has 1 aliphatic rings. The average Bonchev–Trinajstić information content (AvgIpc) is 3.04. The summed E-state index contributed by atoms with van der Waals surface area (Å²) in [5.41, 5.74) is 2.43. The summed E-state index contributed by atoms with van der Waals surface area (Å²) in [5, 5.41) is 9.97. The van der Waals surface area contributed by atoms with Crippen molar-refractivity contribution in [3.05, 3.63) is 71.0 Å². The van der Waals surface area contributed by atoms with Crippen molar-refractivity contribution in [3.63, 3.8) is 0 Å². The fraction of sp³-hybridized carbons (Fsp3) is 0.273. The Morgan fingerprint density at radius 2 is 1.82 bits per heavy atom. The number of ether oxygens (including phenoxy) is 3. The van der Waals surface area contributed by atoms with Gasteiger partial charge in [-0.1, -0.05) is 36.4 Å². The van der Waals surface area contributed by atoms with E-state index in [1.807, 2.05) is 48.5 Å². The predicted molar refractivity (Wildman–Crippen MR) is 106 cm³/mol. The first-order valence-corrected chi connectivity index (χ1v) is 8.96. The molecule has 6 nitrogen and oxygen atoms in total. The lowest BCUT2D eigenvalue weighted by atomic mass is 10.0. The number of methoxy groups -OCH3 is 2. The molecule has 1 N–H and O–H groups in total. The summed E-state index contributed by atoms with van der Waals surface area (Å²) in [6.07, 6.45) is 0.0216. The normalized spacial score (nSPS) is 19.5. The fourth-order valence-electron chi connectivity index (χ4n) is 3.15. The Labute approximate surface area is 164 Å². The number of rotatable bonds is 6. The molecule has 28 heavy (non-hydrogen) atoms. The number of aliphatic hydroxyl groups excluding tert-OH is 1. The minimum absolute atomic E-state index is 0.0895. The van der Waals surface area contributed by atoms with Gasteiger partial charge in [-0.3, -0.25) is 4.99 Å². The van der Waals surface area contributed by atoms with Crippen LogP contribution in [0.15, 0.2) is 64.9 Å². The van der Waals surface area contributed by atoms with Crippen LogP contribution in [0, 0.1) is 0 Å². The number of allylic oxidation sites excluding steroid dienone is 1. The van der Waals surface area contributed by atoms with Gasteiger partial charge >= 0.3 is 5.97 Å². The van der Waals surface area contributed by atoms with Crippen LogP contribution in [0.5, 0.6) is 11.5 Å². The lowest BCUT2D eigenvalue weighted by molar-refractivity contribution is -0.138. The third kappa shape index (κ3) is 4.01. The molecule has 2 aromatic carbocycles. The Bertz CT molecular complexity index is 914. The highest BCUT2D eigenvalue weighted by atomic mass is 16.6. The molecule has 3 rings (SSSR count). The summed E-state index contributed by atoms with van der Waals surface area (Å²) >= 11 is 0. The maximum atomic E-state index is 12.2. The predicted octanol–water partition coefficient (Wildman–Crippen LogP) is 3.82. The average molecular weight is 381 g/mol. The highest BCUT2D eigenvalue weighted by molar-refractivity contribution is 6.26. The molecule has 1 aliphatic heterocycles. The molecular weight excluding hydrogens is 358 g/mol. The first-order valence-electron chi connectivity index (χ1n) is 8.96. The molecule has 0 amide bonds. The van der Waals surface area contributed by atoms with E-state index in [1.54, 1.807) is 14.2 Å². The maximum absolute atomic E-state index is 12.2. The van der Waals surface area contributed by atoms with E-state index < -0.39 is 12.1 Å². The van der Waals surface area contributed by atoms with E-state index >= 15 is 0 Å². The summed E-state index contributed by atoms with van der Waals surface area (Å²) in [5.74, 6) is 0.672. The third-order valence-corrected chi connectivity index (χ3v) is 4.53. The van der Waals surface area contributed by atoms with Crippen LogP contribution in [0.4, 0.5) is 0 Å². The van der Waals surface area contributed by atoms with Crippen LogP contribution in [-0.2, 0) is 16.0 Å². The number of hydrogen-bond acceptors (Lipinski definition) is 6. The van der Waals surface area contributed by atoms with Gasteiger partial charge in [0.05, 0.1) is 19.9 Å². The molecule has 0 radical (unpaired) electrons. The second-order valence-electron chi connectivity index (χ2n) is 6.36. The number of aliphatic hydroxyl groups is 1. The van der Waals surface area contributed by atoms with Crippen LogP contribution in [0.3, 0.4) is 0 Å². The van der Waals surface area contributed by atoms with Crippen molar-refractivity contribution in [1.82, 2.24) is 0 Å². The van der Waals surface area contributed by atoms with Gasteiger partial charge in [-0.25, -0.2) is 4.79 Å². The summed E-state index contributed by atoms with van der Waals surface area (Å²) in [6, 6.07) is 15.1. The molecule has 0 aromatic heterocycles. The van der Waals surface area contributed by atoms with Crippen LogP contribution in [0.1, 0.15) is 24.2 Å². The van der Waals surface area contributed by atoms with E-state index in [-0.39, 0.29) is 11.3 Å². The quantitative estimate of drug-likeness (QED) is 0.468. The summed E-state index contributed by atoms with van der Waals surface area (Å²) in [7, 11) is 3.18. The molecule has 2 aromatic rings. The zero-order valence-electron chi connectivity index (χ0n) is 16.1. The zero-order chi connectivity index (χ0) is 20.1. The number of hydrogen-bond donors (Lipinski definition) is 1. The van der Waals surface area contributed by atoms with Gasteiger partial charge in [0.2, 0.25) is 0 Å². The SMILES string of the molecule is COc1ccc(CCN=C2/C(=C(/C)O)C(=O)OC2c2ccccc2)cc1OC. The van der Waals surface area contributed by atoms with E-state index in [9.17, 15) is 9.90 Å². The first-order chi connectivity index (χ1) is 13.5. The van der Waals surface area contributed by atoms with Gasteiger partial charge in [0.15, 0.2) is 17.6 Å². The number of benzene rings is 2. The molecule has 146 valence electrons. The summed E-state index contributed by atoms with van der Waals surface area (Å²) in [4.78, 5) is 16.9. The Balaban J connectivity index is 1.85. The second-order valence-corrected chi connectivity index (χ2v) is 6.36. The number of aliphatic imine (C=N–C) groups is 1. The number of esters is 1. The van der Waals surface area contributed by atoms with Crippen LogP contribution < -0.4 is 9.47 Å². The minimum Gasteiger partial charge on any atom is -0.512 e. The highest BCUT2D eigenvalue weighted by Crippen LogP contribution is 2.32. The lowest BCUT2D eigenvalue weighted by Gasteiger charge is -2.11. The second kappa shape index (κ2) is 8.61. The Morgan fingerprint density at radius 3 is 2.46 bits per heavy atom. The van der Waals surface area contributed by atoms with Crippen LogP contribution >= 0.6 is 0 Å². The van der Waals surface area contributed by atoms with Crippen molar-refractivity contribution < 1.29 is 24.1 Å². The number of nitrogens with zero attached hydrogens (tertiary/aromatic N) is 1. The molecule has 1 saturated heterocycles. The van der Waals surface area contributed by atoms with Gasteiger partial charge in [-0.05, 0) is 36.6 Å². The van der Waals surface area contributed by atoms with E-state index in [0.717, 1.165) is 11.1 Å². The molecule has 1 atom stereocenters. The molecule has 1 heterocycles. The largest absolute Gasteiger partial charge is 0.512 e. The first kappa shape index (κ1) is 19.5. The molecule has 0 spiro atoms. The fourth-order valence-corrected chi connectivity index (χ4v) is 3.15. The van der Waals surface area contributed by atoms with E-state index in [1.165, 1.54) is 6.92 Å². The van der Waals surface area contributed by atoms with Gasteiger partial charge in [-0.15, -0.1) is 0 Å². The van der Waals surface area contributed by atoms with Crippen molar-refractivity contribution in [2.24, 2.45) is 4.99 Å². The number of cyclic esters (lactones) is 1. The smallest absolute Gasteiger partial charge is 0.344 e. The van der Waals surface area contributed by atoms with Crippen LogP contribution in [0.25, 0.3) is 0 Å². The van der Waals surface area contributed by atoms with Crippen molar-refractivity contribution in [2.75, 3.05) is 20.8 Å². The lowest BCUT2D eigenvalue weighted by Crippen LogP contribution is -2.11. The van der Waals surface area contributed by atoms with Crippen molar-refractivity contribution in [3.8, 4) is 11.5 Å². The van der Waals surface area contributed by atoms with E-state index in [2.05, 4.69) is 4.99 Å². The molecule has 0 bridgehead atoms. The van der Waals surface area contributed by atoms with Gasteiger partial charge in [-0.2, -0.15) is 0 Å². The zero-order valence-corrected chi connectivity index (χ0v) is 16.1. The topological polar surface area (TPSA) is 77.4 Å². The molecule has 0 aliphatic carbocycles. The molecule has 6 heteroatoms. The molecule has 1 unspecified atom stereocenters. The number of carbonyl (C=O) groups excluding carboxylic acids is 1. The van der Waals surface area contributed by atoms with E-state index in [0.29, 0.717) is 30.2 Å².